The molecule has 1 heterocycles. The van der Waals surface area contributed by atoms with Crippen molar-refractivity contribution in [3.8, 4) is 5.69 Å². The number of tetrazole rings is 1. The minimum atomic E-state index is 0.417. The molecule has 0 amide bonds. The van der Waals surface area contributed by atoms with Gasteiger partial charge in [0.05, 0.1) is 5.69 Å². The summed E-state index contributed by atoms with van der Waals surface area (Å²) in [5.41, 5.74) is 2.09. The molecular weight excluding hydrogens is 264 g/mol. The summed E-state index contributed by atoms with van der Waals surface area (Å²) >= 11 is 8.44. The Balaban J connectivity index is 2.59. The topological polar surface area (TPSA) is 46.5 Å². The van der Waals surface area contributed by atoms with Crippen molar-refractivity contribution in [3.05, 3.63) is 33.0 Å². The third kappa shape index (κ3) is 1.62. The average Bonchev–Trinajstić information content (AvgIpc) is 2.57. The van der Waals surface area contributed by atoms with Gasteiger partial charge in [0, 0.05) is 4.47 Å². The van der Waals surface area contributed by atoms with Crippen molar-refractivity contribution in [2.75, 3.05) is 0 Å². The van der Waals surface area contributed by atoms with Crippen molar-refractivity contribution < 1.29 is 0 Å². The zero-order valence-corrected chi connectivity index (χ0v) is 9.76. The maximum Gasteiger partial charge on any atom is 0.242 e. The number of hydrogen-bond donors (Lipinski definition) is 1. The van der Waals surface area contributed by atoms with E-state index in [0.717, 1.165) is 10.2 Å². The van der Waals surface area contributed by atoms with E-state index in [1.54, 1.807) is 4.68 Å². The van der Waals surface area contributed by atoms with Crippen molar-refractivity contribution in [1.29, 1.82) is 0 Å². The second-order valence-electron chi connectivity index (χ2n) is 2.85. The molecule has 4 nitrogen and oxygen atoms in total. The van der Waals surface area contributed by atoms with Crippen LogP contribution in [0.1, 0.15) is 5.56 Å². The molecule has 0 aliphatic rings. The molecule has 2 rings (SSSR count). The van der Waals surface area contributed by atoms with E-state index in [-0.39, 0.29) is 0 Å². The lowest BCUT2D eigenvalue weighted by Gasteiger charge is -2.03. The molecule has 0 spiro atoms. The van der Waals surface area contributed by atoms with Gasteiger partial charge in [-0.05, 0) is 36.8 Å². The van der Waals surface area contributed by atoms with Crippen LogP contribution in [0, 0.1) is 11.7 Å². The highest BCUT2D eigenvalue weighted by Crippen LogP contribution is 2.19. The summed E-state index contributed by atoms with van der Waals surface area (Å²) in [6, 6.07) is 5.92. The van der Waals surface area contributed by atoms with Gasteiger partial charge in [0.15, 0.2) is 0 Å². The Labute approximate surface area is 94.1 Å². The first kappa shape index (κ1) is 9.54. The first-order valence-electron chi connectivity index (χ1n) is 3.95. The largest absolute Gasteiger partial charge is 0.242 e. The molecule has 0 fully saturated rings. The molecule has 0 saturated carbocycles. The van der Waals surface area contributed by atoms with Crippen LogP contribution in [0.3, 0.4) is 0 Å². The van der Waals surface area contributed by atoms with Crippen molar-refractivity contribution in [1.82, 2.24) is 20.2 Å². The second-order valence-corrected chi connectivity index (χ2v) is 4.07. The number of rotatable bonds is 1. The molecule has 6 heteroatoms. The Hall–Kier alpha value is -1.01. The fourth-order valence-corrected chi connectivity index (χ4v) is 1.64. The maximum absolute atomic E-state index is 4.99. The molecule has 0 bridgehead atoms. The van der Waals surface area contributed by atoms with Gasteiger partial charge in [-0.3, -0.25) is 0 Å². The number of aryl methyl sites for hydroxylation is 1. The van der Waals surface area contributed by atoms with Crippen LogP contribution >= 0.6 is 28.1 Å². The Kier molecular flexibility index (Phi) is 2.47. The third-order valence-corrected chi connectivity index (χ3v) is 3.00. The number of aromatic amines is 1. The van der Waals surface area contributed by atoms with E-state index < -0.39 is 0 Å². The van der Waals surface area contributed by atoms with Crippen LogP contribution in [0.2, 0.25) is 0 Å². The fraction of sp³-hybridized carbons (Fsp3) is 0.125. The Morgan fingerprint density at radius 1 is 1.50 bits per heavy atom. The lowest BCUT2D eigenvalue weighted by atomic mass is 10.2. The van der Waals surface area contributed by atoms with Crippen LogP contribution in [-0.2, 0) is 0 Å². The number of hydrogen-bond acceptors (Lipinski definition) is 3. The second kappa shape index (κ2) is 3.62. The molecule has 1 N–H and O–H groups in total. The monoisotopic (exact) mass is 270 g/mol. The van der Waals surface area contributed by atoms with Gasteiger partial charge in [-0.25, -0.2) is 4.68 Å². The summed E-state index contributed by atoms with van der Waals surface area (Å²) in [4.78, 5) is 0. The van der Waals surface area contributed by atoms with Gasteiger partial charge in [-0.1, -0.05) is 32.3 Å². The molecular formula is C8H7BrN4S. The highest BCUT2D eigenvalue weighted by atomic mass is 79.9. The summed E-state index contributed by atoms with van der Waals surface area (Å²) < 4.78 is 3.09. The average molecular weight is 271 g/mol. The summed E-state index contributed by atoms with van der Waals surface area (Å²) in [5.74, 6) is 0. The molecule has 0 aliphatic carbocycles. The van der Waals surface area contributed by atoms with Crippen LogP contribution in [0.4, 0.5) is 0 Å². The number of aromatic nitrogens is 4. The summed E-state index contributed by atoms with van der Waals surface area (Å²) in [6.45, 7) is 2.03. The van der Waals surface area contributed by atoms with Crippen LogP contribution in [-0.4, -0.2) is 20.2 Å². The molecule has 0 atom stereocenters. The van der Waals surface area contributed by atoms with Gasteiger partial charge in [0.1, 0.15) is 0 Å². The number of nitrogens with zero attached hydrogens (tertiary/aromatic N) is 3. The van der Waals surface area contributed by atoms with E-state index in [2.05, 4.69) is 31.5 Å². The van der Waals surface area contributed by atoms with Crippen LogP contribution < -0.4 is 0 Å². The summed E-state index contributed by atoms with van der Waals surface area (Å²) in [6.07, 6.45) is 0. The lowest BCUT2D eigenvalue weighted by molar-refractivity contribution is 0.785. The van der Waals surface area contributed by atoms with Crippen LogP contribution in [0.25, 0.3) is 5.69 Å². The smallest absolute Gasteiger partial charge is 0.210 e. The SMILES string of the molecule is Cc1ccc(-n2[nH]nnc2=S)cc1Br. The Morgan fingerprint density at radius 3 is 2.86 bits per heavy atom. The molecule has 1 aromatic carbocycles. The highest BCUT2D eigenvalue weighted by molar-refractivity contribution is 9.10. The van der Waals surface area contributed by atoms with E-state index in [0.29, 0.717) is 4.77 Å². The molecule has 0 unspecified atom stereocenters. The molecule has 0 radical (unpaired) electrons. The number of benzene rings is 1. The van der Waals surface area contributed by atoms with Gasteiger partial charge >= 0.3 is 0 Å². The molecule has 14 heavy (non-hydrogen) atoms. The number of halogens is 1. The summed E-state index contributed by atoms with van der Waals surface area (Å²) in [5, 5.41) is 10.0. The van der Waals surface area contributed by atoms with Crippen LogP contribution in [0.5, 0.6) is 0 Å². The number of nitrogens with one attached hydrogen (secondary N) is 1. The van der Waals surface area contributed by atoms with Gasteiger partial charge in [0.2, 0.25) is 4.77 Å². The Bertz CT molecular complexity index is 516. The maximum atomic E-state index is 4.99. The molecule has 2 aromatic rings. The molecule has 1 aromatic heterocycles. The van der Waals surface area contributed by atoms with Crippen molar-refractivity contribution in [2.24, 2.45) is 0 Å². The zero-order valence-electron chi connectivity index (χ0n) is 7.36. The zero-order chi connectivity index (χ0) is 10.1. The standard InChI is InChI=1S/C8H7BrN4S/c1-5-2-3-6(4-7(5)9)13-8(14)10-11-12-13/h2-4H,1H3,(H,10,12,14). The lowest BCUT2D eigenvalue weighted by Crippen LogP contribution is -1.96. The van der Waals surface area contributed by atoms with Gasteiger partial charge in [-0.2, -0.15) is 5.21 Å². The quantitative estimate of drug-likeness (QED) is 0.810. The van der Waals surface area contributed by atoms with Crippen molar-refractivity contribution in [2.45, 2.75) is 6.92 Å². The normalized spacial score (nSPS) is 10.4. The molecule has 72 valence electrons. The number of H-pyrrole nitrogens is 1. The van der Waals surface area contributed by atoms with Crippen molar-refractivity contribution in [3.63, 3.8) is 0 Å². The van der Waals surface area contributed by atoms with E-state index in [1.165, 1.54) is 5.56 Å². The third-order valence-electron chi connectivity index (χ3n) is 1.89. The van der Waals surface area contributed by atoms with E-state index in [4.69, 9.17) is 12.2 Å². The van der Waals surface area contributed by atoms with Crippen LogP contribution in [0.15, 0.2) is 22.7 Å². The van der Waals surface area contributed by atoms with E-state index >= 15 is 0 Å². The fourth-order valence-electron chi connectivity index (χ4n) is 1.09. The predicted octanol–water partition coefficient (Wildman–Crippen LogP) is 2.40. The first-order chi connectivity index (χ1) is 6.68. The van der Waals surface area contributed by atoms with Gasteiger partial charge in [0.25, 0.3) is 0 Å². The Morgan fingerprint density at radius 2 is 2.29 bits per heavy atom. The van der Waals surface area contributed by atoms with E-state index in [9.17, 15) is 0 Å². The molecule has 0 aliphatic heterocycles. The van der Waals surface area contributed by atoms with Crippen molar-refractivity contribution >= 4 is 28.1 Å². The van der Waals surface area contributed by atoms with E-state index in [1.807, 2.05) is 25.1 Å². The predicted molar refractivity (Wildman–Crippen MR) is 59.0 cm³/mol. The summed E-state index contributed by atoms with van der Waals surface area (Å²) in [7, 11) is 0. The van der Waals surface area contributed by atoms with Gasteiger partial charge in [-0.15, -0.1) is 0 Å². The first-order valence-corrected chi connectivity index (χ1v) is 5.15. The molecule has 0 saturated heterocycles. The minimum Gasteiger partial charge on any atom is -0.210 e. The highest BCUT2D eigenvalue weighted by Gasteiger charge is 2.01. The minimum absolute atomic E-state index is 0.417. The van der Waals surface area contributed by atoms with Gasteiger partial charge < -0.3 is 0 Å².